The van der Waals surface area contributed by atoms with E-state index in [1.54, 1.807) is 0 Å². The van der Waals surface area contributed by atoms with Crippen LogP contribution in [0.1, 0.15) is 257 Å². The number of anilines is 1. The molecule has 1 saturated heterocycles. The van der Waals surface area contributed by atoms with Crippen molar-refractivity contribution >= 4 is 28.6 Å². The number of hydrogen-bond donors (Lipinski definition) is 2. The zero-order valence-corrected chi connectivity index (χ0v) is 55.0. The summed E-state index contributed by atoms with van der Waals surface area (Å²) in [6.07, 6.45) is 27.3. The van der Waals surface area contributed by atoms with Gasteiger partial charge in [0.2, 0.25) is 11.9 Å². The van der Waals surface area contributed by atoms with Gasteiger partial charge in [-0.05, 0) is 142 Å². The third-order valence-electron chi connectivity index (χ3n) is 15.6. The van der Waals surface area contributed by atoms with Crippen molar-refractivity contribution in [3.63, 3.8) is 0 Å². The summed E-state index contributed by atoms with van der Waals surface area (Å²) in [5.74, 6) is 3.08. The number of nitrogens with one attached hydrogen (secondary N) is 2. The number of rotatable bonds is 21. The number of amides is 1. The molecule has 8 heteroatoms. The van der Waals surface area contributed by atoms with Crippen LogP contribution in [0.2, 0.25) is 0 Å². The first-order valence-corrected chi connectivity index (χ1v) is 31.8. The second-order valence-corrected chi connectivity index (χ2v) is 22.8. The molecule has 4 unspecified atom stereocenters. The lowest BCUT2D eigenvalue weighted by molar-refractivity contribution is -0.498. The van der Waals surface area contributed by atoms with Crippen LogP contribution in [-0.2, 0) is 11.3 Å². The molecule has 80 heavy (non-hydrogen) atoms. The summed E-state index contributed by atoms with van der Waals surface area (Å²) < 4.78 is 31.2. The Balaban J connectivity index is 0.00000120. The maximum atomic E-state index is 13.2. The molecule has 1 saturated carbocycles. The molecule has 0 bridgehead atoms. The SMILES string of the molecule is C=C(/C=C(\C=C(C)C)C(=C)Nc1nc2ccc(C)cc2n1CC1CCCC1)C1=C(CC)CC[N+](C)=C1C.C=C1CCCC(=O)N1.CC.CC.CCCC.CCCC(C)CCC(C)C(C)c1cc(F)cc(F)c1.CCCCC(C)CC. The van der Waals surface area contributed by atoms with Gasteiger partial charge in [0.05, 0.1) is 11.0 Å². The van der Waals surface area contributed by atoms with E-state index in [0.717, 1.165) is 103 Å². The number of imidazole rings is 1. The molecule has 2 aromatic carbocycles. The Bertz CT molecular complexity index is 2370. The Kier molecular flexibility index (Phi) is 40.3. The molecule has 4 atom stereocenters. The van der Waals surface area contributed by atoms with Gasteiger partial charge in [0, 0.05) is 49.3 Å². The number of halogens is 2. The first kappa shape index (κ1) is 75.2. The number of aromatic nitrogens is 2. The van der Waals surface area contributed by atoms with Crippen molar-refractivity contribution in [3.8, 4) is 0 Å². The quantitative estimate of drug-likeness (QED) is 0.0825. The minimum Gasteiger partial charge on any atom is -0.330 e. The first-order chi connectivity index (χ1) is 38.1. The number of fused-ring (bicyclic) bond motifs is 1. The summed E-state index contributed by atoms with van der Waals surface area (Å²) in [6, 6.07) is 10.4. The maximum Gasteiger partial charge on any atom is 0.224 e. The lowest BCUT2D eigenvalue weighted by atomic mass is 9.83. The second kappa shape index (κ2) is 42.9. The summed E-state index contributed by atoms with van der Waals surface area (Å²) in [6.45, 7) is 53.5. The standard InChI is InChI=1S/C33H45N4.C17H26F2.C8H18.C6H9NO.C4H10.2C2H6/c1-9-28-16-17-36(8)26(7)32(28)24(5)20-29(18-22(2)3)25(6)34-33-35-30-15-14-23(4)19-31(30)37(33)21-27-12-10-11-13-27;1-5-6-12(2)7-8-13(3)14(4)15-9-16(18)11-17(19)10-15;1-4-6-7-8(3)5-2;1-5-3-2-4-6(8)7-5;1-3-4-2;2*1-2/h14-15,18-20,27H,5-6,9-13,16-17,21H2,1-4,7-8H3,(H,34,35);9-14H,5-8H2,1-4H3;8H,4-7H2,1-3H3;1-4H2,(H,7,8);3-4H2,1-2H3;2*1-2H3/q+1;;;;;;/b29-20+;;;;;;. The van der Waals surface area contributed by atoms with E-state index < -0.39 is 11.6 Å². The van der Waals surface area contributed by atoms with Crippen molar-refractivity contribution in [2.45, 2.75) is 259 Å². The van der Waals surface area contributed by atoms with E-state index in [-0.39, 0.29) is 11.8 Å². The van der Waals surface area contributed by atoms with Crippen LogP contribution in [0.4, 0.5) is 14.7 Å². The van der Waals surface area contributed by atoms with Crippen molar-refractivity contribution in [3.05, 3.63) is 130 Å². The third-order valence-corrected chi connectivity index (χ3v) is 15.6. The number of hydrogen-bond acceptors (Lipinski definition) is 3. The van der Waals surface area contributed by atoms with Gasteiger partial charge in [-0.2, -0.15) is 0 Å². The fraction of sp³-hybridized carbons (Fsp3) is 0.625. The van der Waals surface area contributed by atoms with E-state index in [4.69, 9.17) is 4.98 Å². The van der Waals surface area contributed by atoms with Crippen molar-refractivity contribution in [2.24, 2.45) is 23.7 Å². The third kappa shape index (κ3) is 28.7. The van der Waals surface area contributed by atoms with Crippen LogP contribution in [0.15, 0.2) is 108 Å². The van der Waals surface area contributed by atoms with Gasteiger partial charge >= 0.3 is 0 Å². The van der Waals surface area contributed by atoms with Gasteiger partial charge < -0.3 is 15.2 Å². The number of carbonyl (C=O) groups is 1. The number of benzene rings is 2. The molecule has 0 radical (unpaired) electrons. The predicted molar refractivity (Wildman–Crippen MR) is 350 cm³/mol. The van der Waals surface area contributed by atoms with Crippen LogP contribution in [0, 0.1) is 42.2 Å². The predicted octanol–water partition coefficient (Wildman–Crippen LogP) is 21.9. The smallest absolute Gasteiger partial charge is 0.224 e. The molecule has 3 heterocycles. The molecule has 452 valence electrons. The topological polar surface area (TPSA) is 62.0 Å². The minimum atomic E-state index is -0.478. The molecule has 3 aliphatic rings. The van der Waals surface area contributed by atoms with Gasteiger partial charge in [0.1, 0.15) is 25.2 Å². The average molecular weight is 1110 g/mol. The molecule has 2 aliphatic heterocycles. The second-order valence-electron chi connectivity index (χ2n) is 22.8. The fourth-order valence-electron chi connectivity index (χ4n) is 9.96. The molecular formula is C72H120F2N5O+. The highest BCUT2D eigenvalue weighted by Gasteiger charge is 2.25. The Morgan fingerprint density at radius 2 is 1.43 bits per heavy atom. The summed E-state index contributed by atoms with van der Waals surface area (Å²) in [7, 11) is 2.17. The summed E-state index contributed by atoms with van der Waals surface area (Å²) >= 11 is 0. The van der Waals surface area contributed by atoms with Crippen LogP contribution >= 0.6 is 0 Å². The van der Waals surface area contributed by atoms with Gasteiger partial charge in [-0.25, -0.2) is 18.3 Å². The number of aryl methyl sites for hydroxylation is 1. The van der Waals surface area contributed by atoms with Crippen LogP contribution in [0.5, 0.6) is 0 Å². The lowest BCUT2D eigenvalue weighted by Gasteiger charge is -2.22. The molecule has 6 rings (SSSR count). The molecule has 1 aliphatic carbocycles. The monoisotopic (exact) mass is 1110 g/mol. The van der Waals surface area contributed by atoms with Gasteiger partial charge in [-0.3, -0.25) is 4.79 Å². The van der Waals surface area contributed by atoms with Gasteiger partial charge in [0.25, 0.3) is 0 Å². The van der Waals surface area contributed by atoms with Gasteiger partial charge in [0.15, 0.2) is 5.71 Å². The molecule has 3 aromatic rings. The fourth-order valence-corrected chi connectivity index (χ4v) is 9.96. The van der Waals surface area contributed by atoms with Crippen molar-refractivity contribution in [1.82, 2.24) is 14.9 Å². The molecule has 0 spiro atoms. The minimum absolute atomic E-state index is 0.112. The number of nitrogens with zero attached hydrogens (tertiary/aromatic N) is 3. The van der Waals surface area contributed by atoms with E-state index >= 15 is 0 Å². The normalized spacial score (nSPS) is 15.7. The van der Waals surface area contributed by atoms with Gasteiger partial charge in [-0.1, -0.05) is 211 Å². The zero-order valence-electron chi connectivity index (χ0n) is 55.0. The van der Waals surface area contributed by atoms with Crippen LogP contribution in [0.3, 0.4) is 0 Å². The van der Waals surface area contributed by atoms with Crippen molar-refractivity contribution < 1.29 is 18.2 Å². The van der Waals surface area contributed by atoms with Crippen molar-refractivity contribution in [1.29, 1.82) is 0 Å². The molecular weight excluding hydrogens is 989 g/mol. The molecule has 2 fully saturated rings. The van der Waals surface area contributed by atoms with E-state index in [0.29, 0.717) is 18.3 Å². The van der Waals surface area contributed by atoms with Crippen LogP contribution < -0.4 is 10.6 Å². The van der Waals surface area contributed by atoms with Gasteiger partial charge in [-0.15, -0.1) is 0 Å². The largest absolute Gasteiger partial charge is 0.330 e. The Hall–Kier alpha value is -4.85. The molecule has 1 amide bonds. The summed E-state index contributed by atoms with van der Waals surface area (Å²) in [5.41, 5.74) is 13.4. The first-order valence-electron chi connectivity index (χ1n) is 31.8. The number of carbonyl (C=O) groups excluding carboxylic acids is 1. The van der Waals surface area contributed by atoms with Crippen molar-refractivity contribution in [2.75, 3.05) is 18.9 Å². The Morgan fingerprint density at radius 3 is 1.94 bits per heavy atom. The zero-order chi connectivity index (χ0) is 60.9. The van der Waals surface area contributed by atoms with E-state index in [1.165, 1.54) is 129 Å². The Labute approximate surface area is 491 Å². The van der Waals surface area contributed by atoms with E-state index in [9.17, 15) is 13.6 Å². The molecule has 2 N–H and O–H groups in total. The van der Waals surface area contributed by atoms with E-state index in [2.05, 4.69) is 174 Å². The summed E-state index contributed by atoms with van der Waals surface area (Å²) in [5, 5.41) is 6.27. The number of unbranched alkanes of at least 4 members (excludes halogenated alkanes) is 2. The molecule has 6 nitrogen and oxygen atoms in total. The van der Waals surface area contributed by atoms with E-state index in [1.807, 2.05) is 27.7 Å². The Morgan fingerprint density at radius 1 is 0.800 bits per heavy atom. The highest BCUT2D eigenvalue weighted by molar-refractivity contribution is 6.00. The number of piperidine rings is 1. The van der Waals surface area contributed by atoms with Crippen LogP contribution in [0.25, 0.3) is 11.0 Å². The maximum absolute atomic E-state index is 13.2. The lowest BCUT2D eigenvalue weighted by Crippen LogP contribution is -2.25. The average Bonchev–Trinajstić information content (AvgIpc) is 4.08. The molecule has 1 aromatic heterocycles. The highest BCUT2D eigenvalue weighted by Crippen LogP contribution is 2.33. The number of allylic oxidation sites excluding steroid dienone is 6. The summed E-state index contributed by atoms with van der Waals surface area (Å²) in [4.78, 5) is 15.5. The van der Waals surface area contributed by atoms with Crippen LogP contribution in [-0.4, -0.2) is 39.3 Å². The highest BCUT2D eigenvalue weighted by atomic mass is 19.1.